The molecule has 0 aliphatic heterocycles. The van der Waals surface area contributed by atoms with Crippen LogP contribution in [-0.2, 0) is 11.3 Å². The highest BCUT2D eigenvalue weighted by atomic mass is 16.6. The Labute approximate surface area is 156 Å². The molecule has 8 heteroatoms. The van der Waals surface area contributed by atoms with Gasteiger partial charge in [0.05, 0.1) is 5.69 Å². The zero-order chi connectivity index (χ0) is 19.7. The summed E-state index contributed by atoms with van der Waals surface area (Å²) in [6.07, 6.45) is -0.311. The van der Waals surface area contributed by atoms with Gasteiger partial charge in [-0.3, -0.25) is 0 Å². The first kappa shape index (κ1) is 21.8. The molecular formula is C18H33N5O3. The first-order chi connectivity index (χ1) is 12.2. The van der Waals surface area contributed by atoms with Gasteiger partial charge < -0.3 is 24.7 Å². The summed E-state index contributed by atoms with van der Waals surface area (Å²) in [5.74, 6) is 2.05. The molecule has 0 fully saturated rings. The van der Waals surface area contributed by atoms with E-state index in [9.17, 15) is 4.79 Å². The number of likely N-dealkylation sites (N-methyl/N-ethyl adjacent to an activating group) is 1. The van der Waals surface area contributed by atoms with Crippen molar-refractivity contribution < 1.29 is 13.9 Å². The largest absolute Gasteiger partial charge is 0.444 e. The van der Waals surface area contributed by atoms with E-state index in [0.717, 1.165) is 18.0 Å². The van der Waals surface area contributed by atoms with Crippen molar-refractivity contribution >= 4 is 12.1 Å². The Balaban J connectivity index is 2.56. The number of aromatic nitrogens is 1. The molecule has 0 aromatic carbocycles. The SMILES string of the molecule is CCNC(=NCc1nc(C)c(C)o1)NCCN(CC)C(=O)OC(C)(C)C. The standard InChI is InChI=1S/C18H33N5O3/c1-8-19-16(21-12-15-22-13(3)14(4)25-15)20-10-11-23(9-2)17(24)26-18(5,6)7/h8-12H2,1-7H3,(H2,19,20,21). The molecule has 0 radical (unpaired) electrons. The predicted molar refractivity (Wildman–Crippen MR) is 102 cm³/mol. The molecule has 0 aliphatic carbocycles. The van der Waals surface area contributed by atoms with Gasteiger partial charge in [0.15, 0.2) is 5.96 Å². The van der Waals surface area contributed by atoms with Crippen molar-refractivity contribution in [3.05, 3.63) is 17.3 Å². The number of nitrogens with zero attached hydrogens (tertiary/aromatic N) is 3. The van der Waals surface area contributed by atoms with Gasteiger partial charge in [0.25, 0.3) is 0 Å². The Morgan fingerprint density at radius 1 is 1.27 bits per heavy atom. The minimum Gasteiger partial charge on any atom is -0.444 e. The van der Waals surface area contributed by atoms with Crippen LogP contribution in [0, 0.1) is 13.8 Å². The zero-order valence-electron chi connectivity index (χ0n) is 17.1. The fourth-order valence-electron chi connectivity index (χ4n) is 2.11. The van der Waals surface area contributed by atoms with Crippen molar-refractivity contribution in [2.24, 2.45) is 4.99 Å². The number of aryl methyl sites for hydroxylation is 2. The third-order valence-corrected chi connectivity index (χ3v) is 3.50. The van der Waals surface area contributed by atoms with Gasteiger partial charge in [0, 0.05) is 26.2 Å². The normalized spacial score (nSPS) is 12.0. The lowest BCUT2D eigenvalue weighted by Gasteiger charge is -2.26. The molecule has 26 heavy (non-hydrogen) atoms. The number of ether oxygens (including phenoxy) is 1. The van der Waals surface area contributed by atoms with Crippen molar-refractivity contribution in [2.75, 3.05) is 26.2 Å². The van der Waals surface area contributed by atoms with Gasteiger partial charge >= 0.3 is 6.09 Å². The van der Waals surface area contributed by atoms with Crippen LogP contribution in [0.2, 0.25) is 0 Å². The third-order valence-electron chi connectivity index (χ3n) is 3.50. The van der Waals surface area contributed by atoms with Crippen LogP contribution in [0.25, 0.3) is 0 Å². The lowest BCUT2D eigenvalue weighted by atomic mass is 10.2. The molecule has 2 N–H and O–H groups in total. The average Bonchev–Trinajstić information content (AvgIpc) is 2.85. The number of hydrogen-bond donors (Lipinski definition) is 2. The van der Waals surface area contributed by atoms with Crippen LogP contribution in [0.1, 0.15) is 52.0 Å². The smallest absolute Gasteiger partial charge is 0.410 e. The van der Waals surface area contributed by atoms with Crippen molar-refractivity contribution in [1.29, 1.82) is 0 Å². The first-order valence-corrected chi connectivity index (χ1v) is 9.09. The number of nitrogens with one attached hydrogen (secondary N) is 2. The Bertz CT molecular complexity index is 585. The van der Waals surface area contributed by atoms with Crippen molar-refractivity contribution in [1.82, 2.24) is 20.5 Å². The van der Waals surface area contributed by atoms with Gasteiger partial charge in [0.1, 0.15) is 17.9 Å². The Morgan fingerprint density at radius 2 is 1.96 bits per heavy atom. The number of oxazole rings is 1. The molecule has 8 nitrogen and oxygen atoms in total. The van der Waals surface area contributed by atoms with E-state index in [1.54, 1.807) is 4.90 Å². The number of carbonyl (C=O) groups excluding carboxylic acids is 1. The van der Waals surface area contributed by atoms with Crippen molar-refractivity contribution in [2.45, 2.75) is 60.6 Å². The van der Waals surface area contributed by atoms with Crippen LogP contribution in [0.5, 0.6) is 0 Å². The van der Waals surface area contributed by atoms with E-state index < -0.39 is 5.60 Å². The minimum absolute atomic E-state index is 0.311. The topological polar surface area (TPSA) is 92.0 Å². The van der Waals surface area contributed by atoms with E-state index in [1.807, 2.05) is 48.5 Å². The molecule has 0 bridgehead atoms. The summed E-state index contributed by atoms with van der Waals surface area (Å²) < 4.78 is 10.9. The lowest BCUT2D eigenvalue weighted by molar-refractivity contribution is 0.0264. The second-order valence-corrected chi connectivity index (χ2v) is 6.93. The quantitative estimate of drug-likeness (QED) is 0.568. The van der Waals surface area contributed by atoms with Crippen LogP contribution in [-0.4, -0.2) is 53.7 Å². The molecule has 1 aromatic rings. The molecule has 1 aromatic heterocycles. The van der Waals surface area contributed by atoms with Crippen molar-refractivity contribution in [3.63, 3.8) is 0 Å². The average molecular weight is 367 g/mol. The van der Waals surface area contributed by atoms with Crippen LogP contribution in [0.4, 0.5) is 4.79 Å². The molecule has 0 aliphatic rings. The Morgan fingerprint density at radius 3 is 2.46 bits per heavy atom. The van der Waals surface area contributed by atoms with Crippen LogP contribution in [0.3, 0.4) is 0 Å². The highest BCUT2D eigenvalue weighted by Gasteiger charge is 2.20. The number of carbonyl (C=O) groups is 1. The molecular weight excluding hydrogens is 334 g/mol. The fraction of sp³-hybridized carbons (Fsp3) is 0.722. The molecule has 0 spiro atoms. The number of rotatable bonds is 7. The maximum Gasteiger partial charge on any atom is 0.410 e. The predicted octanol–water partition coefficient (Wildman–Crippen LogP) is 2.60. The van der Waals surface area contributed by atoms with Gasteiger partial charge in [-0.05, 0) is 48.5 Å². The fourth-order valence-corrected chi connectivity index (χ4v) is 2.11. The van der Waals surface area contributed by atoms with Gasteiger partial charge in [-0.15, -0.1) is 0 Å². The molecule has 148 valence electrons. The van der Waals surface area contributed by atoms with E-state index in [4.69, 9.17) is 9.15 Å². The lowest BCUT2D eigenvalue weighted by Crippen LogP contribution is -2.44. The summed E-state index contributed by atoms with van der Waals surface area (Å²) in [5, 5.41) is 6.38. The Kier molecular flexibility index (Phi) is 8.41. The number of amides is 1. The van der Waals surface area contributed by atoms with E-state index in [0.29, 0.717) is 38.0 Å². The van der Waals surface area contributed by atoms with Gasteiger partial charge in [0.2, 0.25) is 5.89 Å². The highest BCUT2D eigenvalue weighted by molar-refractivity contribution is 5.79. The Hall–Kier alpha value is -2.25. The van der Waals surface area contributed by atoms with Crippen molar-refractivity contribution in [3.8, 4) is 0 Å². The van der Waals surface area contributed by atoms with Gasteiger partial charge in [-0.1, -0.05) is 0 Å². The van der Waals surface area contributed by atoms with E-state index in [-0.39, 0.29) is 6.09 Å². The van der Waals surface area contributed by atoms with Crippen LogP contribution >= 0.6 is 0 Å². The minimum atomic E-state index is -0.499. The summed E-state index contributed by atoms with van der Waals surface area (Å²) in [5.41, 5.74) is 0.379. The summed E-state index contributed by atoms with van der Waals surface area (Å²) in [7, 11) is 0. The van der Waals surface area contributed by atoms with E-state index >= 15 is 0 Å². The van der Waals surface area contributed by atoms with E-state index in [2.05, 4.69) is 20.6 Å². The first-order valence-electron chi connectivity index (χ1n) is 9.09. The molecule has 0 saturated heterocycles. The second kappa shape index (κ2) is 10.0. The maximum atomic E-state index is 12.1. The molecule has 1 rings (SSSR count). The van der Waals surface area contributed by atoms with Crippen LogP contribution < -0.4 is 10.6 Å². The summed E-state index contributed by atoms with van der Waals surface area (Å²) in [4.78, 5) is 22.6. The molecule has 1 heterocycles. The number of guanidine groups is 1. The molecule has 0 unspecified atom stereocenters. The van der Waals surface area contributed by atoms with E-state index in [1.165, 1.54) is 0 Å². The van der Waals surface area contributed by atoms with Gasteiger partial charge in [-0.2, -0.15) is 0 Å². The zero-order valence-corrected chi connectivity index (χ0v) is 17.1. The third kappa shape index (κ3) is 7.76. The summed E-state index contributed by atoms with van der Waals surface area (Å²) in [6, 6.07) is 0. The second-order valence-electron chi connectivity index (χ2n) is 6.93. The molecule has 0 atom stereocenters. The van der Waals surface area contributed by atoms with Crippen LogP contribution in [0.15, 0.2) is 9.41 Å². The summed E-state index contributed by atoms with van der Waals surface area (Å²) >= 11 is 0. The maximum absolute atomic E-state index is 12.1. The highest BCUT2D eigenvalue weighted by Crippen LogP contribution is 2.10. The van der Waals surface area contributed by atoms with Gasteiger partial charge in [-0.25, -0.2) is 14.8 Å². The number of hydrogen-bond acceptors (Lipinski definition) is 5. The molecule has 0 saturated carbocycles. The monoisotopic (exact) mass is 367 g/mol. The molecule has 1 amide bonds. The summed E-state index contributed by atoms with van der Waals surface area (Å²) in [6.45, 7) is 16.0. The number of aliphatic imine (C=N–C) groups is 1.